The van der Waals surface area contributed by atoms with Crippen LogP contribution in [0.1, 0.15) is 42.6 Å². The van der Waals surface area contributed by atoms with Gasteiger partial charge in [-0.2, -0.15) is 0 Å². The number of benzene rings is 1. The van der Waals surface area contributed by atoms with E-state index >= 15 is 0 Å². The Hall–Kier alpha value is -2.15. The molecule has 0 saturated carbocycles. The second-order valence-electron chi connectivity index (χ2n) is 6.22. The van der Waals surface area contributed by atoms with Crippen LogP contribution in [0, 0.1) is 17.0 Å². The van der Waals surface area contributed by atoms with Crippen LogP contribution in [0.4, 0.5) is 5.69 Å². The van der Waals surface area contributed by atoms with Gasteiger partial charge < -0.3 is 15.3 Å². The zero-order chi connectivity index (χ0) is 17.1. The molecule has 1 aliphatic rings. The van der Waals surface area contributed by atoms with Crippen molar-refractivity contribution in [1.82, 2.24) is 10.2 Å². The van der Waals surface area contributed by atoms with Crippen molar-refractivity contribution >= 4 is 11.6 Å². The molecule has 1 heterocycles. The predicted molar refractivity (Wildman–Crippen MR) is 86.7 cm³/mol. The molecule has 7 heteroatoms. The first kappa shape index (κ1) is 17.2. The normalized spacial score (nSPS) is 18.0. The standard InChI is InChI=1S/C16H23N3O4/c1-10(2)18(12-5-4-6-17-9-12)16(21)13-8-14(19(22)23)15(20)7-11(13)3/h7-8,10,12,17,20H,4-6,9H2,1-3H3. The molecule has 1 atom stereocenters. The van der Waals surface area contributed by atoms with Crippen molar-refractivity contribution in [2.75, 3.05) is 13.1 Å². The molecule has 1 aliphatic heterocycles. The number of nitro groups is 1. The molecule has 23 heavy (non-hydrogen) atoms. The van der Waals surface area contributed by atoms with Gasteiger partial charge in [0.15, 0.2) is 5.75 Å². The molecular formula is C16H23N3O4. The van der Waals surface area contributed by atoms with Crippen LogP contribution in [-0.4, -0.2) is 46.0 Å². The molecule has 0 aliphatic carbocycles. The minimum absolute atomic E-state index is 0.0142. The first-order valence-corrected chi connectivity index (χ1v) is 7.84. The zero-order valence-electron chi connectivity index (χ0n) is 13.7. The fourth-order valence-corrected chi connectivity index (χ4v) is 3.09. The lowest BCUT2D eigenvalue weighted by molar-refractivity contribution is -0.385. The maximum absolute atomic E-state index is 13.0. The second-order valence-corrected chi connectivity index (χ2v) is 6.22. The number of phenols is 1. The molecule has 1 fully saturated rings. The molecule has 2 N–H and O–H groups in total. The van der Waals surface area contributed by atoms with Crippen LogP contribution in [0.3, 0.4) is 0 Å². The van der Waals surface area contributed by atoms with Crippen molar-refractivity contribution in [3.63, 3.8) is 0 Å². The number of hydrogen-bond donors (Lipinski definition) is 2. The molecule has 1 aromatic carbocycles. The number of piperidine rings is 1. The van der Waals surface area contributed by atoms with Crippen molar-refractivity contribution in [2.45, 2.75) is 45.7 Å². The molecular weight excluding hydrogens is 298 g/mol. The van der Waals surface area contributed by atoms with Gasteiger partial charge in [0.1, 0.15) is 0 Å². The molecule has 1 saturated heterocycles. The number of carbonyl (C=O) groups excluding carboxylic acids is 1. The Labute approximate surface area is 135 Å². The van der Waals surface area contributed by atoms with Gasteiger partial charge in [-0.3, -0.25) is 14.9 Å². The molecule has 126 valence electrons. The summed E-state index contributed by atoms with van der Waals surface area (Å²) in [4.78, 5) is 25.1. The molecule has 1 aromatic rings. The Morgan fingerprint density at radius 2 is 2.17 bits per heavy atom. The van der Waals surface area contributed by atoms with Crippen molar-refractivity contribution in [3.05, 3.63) is 33.4 Å². The van der Waals surface area contributed by atoms with Gasteiger partial charge in [0.25, 0.3) is 5.91 Å². The average Bonchev–Trinajstić information content (AvgIpc) is 2.47. The van der Waals surface area contributed by atoms with E-state index in [1.807, 2.05) is 13.8 Å². The summed E-state index contributed by atoms with van der Waals surface area (Å²) in [5.41, 5.74) is 0.366. The van der Waals surface area contributed by atoms with Crippen molar-refractivity contribution < 1.29 is 14.8 Å². The Bertz CT molecular complexity index is 610. The monoisotopic (exact) mass is 321 g/mol. The van der Waals surface area contributed by atoms with Crippen LogP contribution in [0.25, 0.3) is 0 Å². The van der Waals surface area contributed by atoms with Crippen molar-refractivity contribution in [2.24, 2.45) is 0 Å². The van der Waals surface area contributed by atoms with Crippen LogP contribution in [0.2, 0.25) is 0 Å². The van der Waals surface area contributed by atoms with Gasteiger partial charge in [-0.15, -0.1) is 0 Å². The van der Waals surface area contributed by atoms with Crippen LogP contribution >= 0.6 is 0 Å². The minimum Gasteiger partial charge on any atom is -0.502 e. The predicted octanol–water partition coefficient (Wildman–Crippen LogP) is 2.21. The molecule has 2 rings (SSSR count). The van der Waals surface area contributed by atoms with E-state index in [2.05, 4.69) is 5.32 Å². The summed E-state index contributed by atoms with van der Waals surface area (Å²) in [7, 11) is 0. The fourth-order valence-electron chi connectivity index (χ4n) is 3.09. The SMILES string of the molecule is Cc1cc(O)c([N+](=O)[O-])cc1C(=O)N(C(C)C)C1CCCNC1. The summed E-state index contributed by atoms with van der Waals surface area (Å²) < 4.78 is 0. The van der Waals surface area contributed by atoms with Gasteiger partial charge >= 0.3 is 5.69 Å². The number of phenolic OH excluding ortho intramolecular Hbond substituents is 1. The molecule has 0 radical (unpaired) electrons. The van der Waals surface area contributed by atoms with E-state index in [-0.39, 0.29) is 23.6 Å². The number of aryl methyl sites for hydroxylation is 1. The minimum atomic E-state index is -0.673. The van der Waals surface area contributed by atoms with Gasteiger partial charge in [-0.05, 0) is 51.8 Å². The van der Waals surface area contributed by atoms with Crippen LogP contribution in [0.15, 0.2) is 12.1 Å². The van der Waals surface area contributed by atoms with Crippen LogP contribution < -0.4 is 5.32 Å². The Morgan fingerprint density at radius 3 is 2.70 bits per heavy atom. The van der Waals surface area contributed by atoms with Crippen molar-refractivity contribution in [3.8, 4) is 5.75 Å². The van der Waals surface area contributed by atoms with E-state index in [0.29, 0.717) is 5.56 Å². The van der Waals surface area contributed by atoms with Gasteiger partial charge in [0.2, 0.25) is 0 Å². The number of nitrogens with zero attached hydrogens (tertiary/aromatic N) is 2. The molecule has 0 spiro atoms. The van der Waals surface area contributed by atoms with Gasteiger partial charge in [0.05, 0.1) is 4.92 Å². The quantitative estimate of drug-likeness (QED) is 0.655. The van der Waals surface area contributed by atoms with Gasteiger partial charge in [0, 0.05) is 30.3 Å². The lowest BCUT2D eigenvalue weighted by Crippen LogP contribution is -2.51. The van der Waals surface area contributed by atoms with Crippen molar-refractivity contribution in [1.29, 1.82) is 0 Å². The van der Waals surface area contributed by atoms with Crippen LogP contribution in [0.5, 0.6) is 5.75 Å². The maximum Gasteiger partial charge on any atom is 0.311 e. The third-order valence-electron chi connectivity index (χ3n) is 4.20. The summed E-state index contributed by atoms with van der Waals surface area (Å²) >= 11 is 0. The number of nitrogens with one attached hydrogen (secondary N) is 1. The highest BCUT2D eigenvalue weighted by atomic mass is 16.6. The van der Waals surface area contributed by atoms with E-state index in [9.17, 15) is 20.0 Å². The summed E-state index contributed by atoms with van der Waals surface area (Å²) in [6.45, 7) is 7.23. The Balaban J connectivity index is 2.40. The highest BCUT2D eigenvalue weighted by molar-refractivity contribution is 5.97. The van der Waals surface area contributed by atoms with E-state index < -0.39 is 16.4 Å². The number of hydrogen-bond acceptors (Lipinski definition) is 5. The summed E-state index contributed by atoms with van der Waals surface area (Å²) in [6, 6.07) is 2.52. The van der Waals surface area contributed by atoms with E-state index in [0.717, 1.165) is 25.9 Å². The maximum atomic E-state index is 13.0. The van der Waals surface area contributed by atoms with E-state index in [1.165, 1.54) is 12.1 Å². The molecule has 0 bridgehead atoms. The number of rotatable bonds is 4. The van der Waals surface area contributed by atoms with Gasteiger partial charge in [-0.1, -0.05) is 0 Å². The van der Waals surface area contributed by atoms with E-state index in [4.69, 9.17) is 0 Å². The first-order valence-electron chi connectivity index (χ1n) is 7.84. The Morgan fingerprint density at radius 1 is 1.48 bits per heavy atom. The third kappa shape index (κ3) is 3.61. The Kier molecular flexibility index (Phi) is 5.20. The highest BCUT2D eigenvalue weighted by Gasteiger charge is 2.30. The topological polar surface area (TPSA) is 95.7 Å². The summed E-state index contributed by atoms with van der Waals surface area (Å²) in [5.74, 6) is -0.645. The zero-order valence-corrected chi connectivity index (χ0v) is 13.7. The number of amides is 1. The summed E-state index contributed by atoms with van der Waals surface area (Å²) in [5, 5.41) is 24.0. The number of nitro benzene ring substituents is 1. The molecule has 1 unspecified atom stereocenters. The number of carbonyl (C=O) groups is 1. The number of aromatic hydroxyl groups is 1. The fraction of sp³-hybridized carbons (Fsp3) is 0.562. The lowest BCUT2D eigenvalue weighted by Gasteiger charge is -2.38. The smallest absolute Gasteiger partial charge is 0.311 e. The highest BCUT2D eigenvalue weighted by Crippen LogP contribution is 2.30. The molecule has 0 aromatic heterocycles. The largest absolute Gasteiger partial charge is 0.502 e. The molecule has 1 amide bonds. The van der Waals surface area contributed by atoms with E-state index in [1.54, 1.807) is 11.8 Å². The molecule has 7 nitrogen and oxygen atoms in total. The average molecular weight is 321 g/mol. The van der Waals surface area contributed by atoms with Crippen LogP contribution in [-0.2, 0) is 0 Å². The third-order valence-corrected chi connectivity index (χ3v) is 4.20. The lowest BCUT2D eigenvalue weighted by atomic mass is 10.00. The van der Waals surface area contributed by atoms with Gasteiger partial charge in [-0.25, -0.2) is 0 Å². The first-order chi connectivity index (χ1) is 10.8. The second kappa shape index (κ2) is 6.95. The summed E-state index contributed by atoms with van der Waals surface area (Å²) in [6.07, 6.45) is 1.91.